The zero-order valence-electron chi connectivity index (χ0n) is 16.4. The maximum absolute atomic E-state index is 14.2. The molecule has 156 valence electrons. The van der Waals surface area contributed by atoms with Gasteiger partial charge in [0.05, 0.1) is 11.7 Å². The molecular formula is C22H17F2N5O2. The number of nitrogens with one attached hydrogen (secondary N) is 2. The molecule has 4 N–H and O–H groups in total. The molecule has 3 heterocycles. The molecule has 0 fully saturated rings. The van der Waals surface area contributed by atoms with E-state index in [4.69, 9.17) is 10.5 Å². The standard InChI is InChI=1S/C22H17F2N5O2/c1-10(23)9-31-16-7-13-17(11-4-5-15(24)20-14(11)8-27-29-20)18(25)22(30)28-19(13)12-3-2-6-26-21(12)16/h2-8,10H,9,25H2,1H3,(H,27,29)(H,28,30)/t10-/m1/s1. The monoisotopic (exact) mass is 421 g/mol. The third-order valence-electron chi connectivity index (χ3n) is 5.18. The number of H-pyrrole nitrogens is 2. The van der Waals surface area contributed by atoms with Crippen molar-refractivity contribution in [2.24, 2.45) is 0 Å². The highest BCUT2D eigenvalue weighted by atomic mass is 19.1. The minimum Gasteiger partial charge on any atom is -0.488 e. The first-order chi connectivity index (χ1) is 15.0. The van der Waals surface area contributed by atoms with Crippen LogP contribution in [-0.4, -0.2) is 32.9 Å². The van der Waals surface area contributed by atoms with Crippen molar-refractivity contribution in [3.8, 4) is 16.9 Å². The summed E-state index contributed by atoms with van der Waals surface area (Å²) in [4.78, 5) is 19.9. The number of pyridine rings is 2. The number of anilines is 1. The number of nitrogens with two attached hydrogens (primary N) is 1. The van der Waals surface area contributed by atoms with Gasteiger partial charge in [-0.3, -0.25) is 14.9 Å². The molecular weight excluding hydrogens is 404 g/mol. The first-order valence-corrected chi connectivity index (χ1v) is 9.57. The molecule has 3 aromatic heterocycles. The van der Waals surface area contributed by atoms with Crippen LogP contribution in [0, 0.1) is 5.82 Å². The molecule has 0 bridgehead atoms. The summed E-state index contributed by atoms with van der Waals surface area (Å²) >= 11 is 0. The summed E-state index contributed by atoms with van der Waals surface area (Å²) in [6.07, 6.45) is 1.88. The molecule has 0 unspecified atom stereocenters. The number of aromatic nitrogens is 4. The van der Waals surface area contributed by atoms with Crippen LogP contribution < -0.4 is 16.0 Å². The molecule has 7 nitrogen and oxygen atoms in total. The van der Waals surface area contributed by atoms with Gasteiger partial charge < -0.3 is 15.5 Å². The van der Waals surface area contributed by atoms with Crippen molar-refractivity contribution in [1.82, 2.24) is 20.2 Å². The summed E-state index contributed by atoms with van der Waals surface area (Å²) in [7, 11) is 0. The van der Waals surface area contributed by atoms with Gasteiger partial charge in [0, 0.05) is 27.9 Å². The third kappa shape index (κ3) is 2.97. The Morgan fingerprint density at radius 1 is 1.19 bits per heavy atom. The second-order valence-electron chi connectivity index (χ2n) is 7.29. The summed E-state index contributed by atoms with van der Waals surface area (Å²) in [6, 6.07) is 8.01. The van der Waals surface area contributed by atoms with E-state index in [9.17, 15) is 13.6 Å². The minimum absolute atomic E-state index is 0.0327. The molecule has 0 radical (unpaired) electrons. The van der Waals surface area contributed by atoms with Crippen LogP contribution in [-0.2, 0) is 0 Å². The van der Waals surface area contributed by atoms with Crippen LogP contribution in [0.4, 0.5) is 14.5 Å². The lowest BCUT2D eigenvalue weighted by atomic mass is 9.95. The number of nitrogen functional groups attached to an aromatic ring is 1. The maximum atomic E-state index is 14.2. The Hall–Kier alpha value is -4.01. The fraction of sp³-hybridized carbons (Fsp3) is 0.136. The van der Waals surface area contributed by atoms with Crippen LogP contribution in [0.2, 0.25) is 0 Å². The Kier molecular flexibility index (Phi) is 4.32. The number of hydrogen-bond donors (Lipinski definition) is 3. The maximum Gasteiger partial charge on any atom is 0.272 e. The second kappa shape index (κ2) is 7.05. The fourth-order valence-electron chi connectivity index (χ4n) is 3.82. The molecule has 31 heavy (non-hydrogen) atoms. The molecule has 1 atom stereocenters. The zero-order valence-corrected chi connectivity index (χ0v) is 16.4. The molecule has 0 aliphatic carbocycles. The van der Waals surface area contributed by atoms with Gasteiger partial charge in [-0.15, -0.1) is 0 Å². The number of aromatic amines is 2. The average molecular weight is 421 g/mol. The van der Waals surface area contributed by atoms with Gasteiger partial charge in [0.1, 0.15) is 41.1 Å². The molecule has 5 rings (SSSR count). The van der Waals surface area contributed by atoms with E-state index in [2.05, 4.69) is 20.2 Å². The summed E-state index contributed by atoms with van der Waals surface area (Å²) in [5.41, 5.74) is 7.82. The van der Waals surface area contributed by atoms with Crippen LogP contribution in [0.1, 0.15) is 6.92 Å². The Morgan fingerprint density at radius 2 is 2.03 bits per heavy atom. The minimum atomic E-state index is -1.18. The molecule has 9 heteroatoms. The molecule has 0 saturated heterocycles. The van der Waals surface area contributed by atoms with Crippen molar-refractivity contribution >= 4 is 38.4 Å². The number of fused-ring (bicyclic) bond motifs is 4. The van der Waals surface area contributed by atoms with Gasteiger partial charge in [-0.25, -0.2) is 8.78 Å². The topological polar surface area (TPSA) is 110 Å². The van der Waals surface area contributed by atoms with E-state index in [1.165, 1.54) is 19.2 Å². The predicted octanol–water partition coefficient (Wildman–Crippen LogP) is 4.08. The molecule has 2 aromatic carbocycles. The van der Waals surface area contributed by atoms with Gasteiger partial charge in [-0.2, -0.15) is 5.10 Å². The van der Waals surface area contributed by atoms with Crippen LogP contribution in [0.25, 0.3) is 43.8 Å². The Balaban J connectivity index is 1.92. The molecule has 5 aromatic rings. The van der Waals surface area contributed by atoms with E-state index in [0.29, 0.717) is 44.1 Å². The Labute approximate surface area is 173 Å². The highest BCUT2D eigenvalue weighted by molar-refractivity contribution is 6.15. The summed E-state index contributed by atoms with van der Waals surface area (Å²) in [5.74, 6) is -0.120. The number of ether oxygens (including phenoxy) is 1. The van der Waals surface area contributed by atoms with Crippen molar-refractivity contribution in [3.05, 3.63) is 58.9 Å². The van der Waals surface area contributed by atoms with Gasteiger partial charge >= 0.3 is 0 Å². The third-order valence-corrected chi connectivity index (χ3v) is 5.18. The van der Waals surface area contributed by atoms with E-state index in [-0.39, 0.29) is 17.8 Å². The van der Waals surface area contributed by atoms with E-state index < -0.39 is 17.5 Å². The summed E-state index contributed by atoms with van der Waals surface area (Å²) < 4.78 is 33.4. The Morgan fingerprint density at radius 3 is 2.84 bits per heavy atom. The van der Waals surface area contributed by atoms with Gasteiger partial charge in [-0.1, -0.05) is 6.07 Å². The first kappa shape index (κ1) is 19.0. The number of hydrogen-bond acceptors (Lipinski definition) is 5. The van der Waals surface area contributed by atoms with E-state index >= 15 is 0 Å². The van der Waals surface area contributed by atoms with Gasteiger partial charge in [0.15, 0.2) is 0 Å². The van der Waals surface area contributed by atoms with Crippen molar-refractivity contribution < 1.29 is 13.5 Å². The normalized spacial score (nSPS) is 12.6. The zero-order chi connectivity index (χ0) is 21.7. The van der Waals surface area contributed by atoms with Crippen molar-refractivity contribution in [3.63, 3.8) is 0 Å². The van der Waals surface area contributed by atoms with Gasteiger partial charge in [0.25, 0.3) is 5.56 Å². The van der Waals surface area contributed by atoms with Gasteiger partial charge in [-0.05, 0) is 36.8 Å². The molecule has 0 saturated carbocycles. The van der Waals surface area contributed by atoms with E-state index in [0.717, 1.165) is 0 Å². The highest BCUT2D eigenvalue weighted by Gasteiger charge is 2.20. The smallest absolute Gasteiger partial charge is 0.272 e. The number of nitrogens with zero attached hydrogens (tertiary/aromatic N) is 2. The number of halogens is 2. The van der Waals surface area contributed by atoms with Crippen molar-refractivity contribution in [2.45, 2.75) is 13.1 Å². The highest BCUT2D eigenvalue weighted by Crippen LogP contribution is 2.40. The van der Waals surface area contributed by atoms with Crippen LogP contribution >= 0.6 is 0 Å². The van der Waals surface area contributed by atoms with E-state index in [1.54, 1.807) is 30.5 Å². The lowest BCUT2D eigenvalue weighted by molar-refractivity contribution is 0.211. The molecule has 0 aliphatic rings. The fourth-order valence-corrected chi connectivity index (χ4v) is 3.82. The number of benzene rings is 2. The summed E-state index contributed by atoms with van der Waals surface area (Å²) in [5, 5.41) is 8.21. The first-order valence-electron chi connectivity index (χ1n) is 9.57. The largest absolute Gasteiger partial charge is 0.488 e. The molecule has 0 spiro atoms. The van der Waals surface area contributed by atoms with Crippen LogP contribution in [0.3, 0.4) is 0 Å². The number of rotatable bonds is 4. The summed E-state index contributed by atoms with van der Waals surface area (Å²) in [6.45, 7) is 1.24. The van der Waals surface area contributed by atoms with Gasteiger partial charge in [0.2, 0.25) is 0 Å². The lowest BCUT2D eigenvalue weighted by Crippen LogP contribution is -2.14. The molecule has 0 amide bonds. The van der Waals surface area contributed by atoms with Crippen molar-refractivity contribution in [2.75, 3.05) is 12.3 Å². The number of alkyl halides is 1. The lowest BCUT2D eigenvalue weighted by Gasteiger charge is -2.16. The van der Waals surface area contributed by atoms with E-state index in [1.807, 2.05) is 0 Å². The average Bonchev–Trinajstić information content (AvgIpc) is 3.25. The predicted molar refractivity (Wildman–Crippen MR) is 115 cm³/mol. The van der Waals surface area contributed by atoms with Crippen LogP contribution in [0.15, 0.2) is 47.5 Å². The van der Waals surface area contributed by atoms with Crippen LogP contribution in [0.5, 0.6) is 5.75 Å². The van der Waals surface area contributed by atoms with Crippen molar-refractivity contribution in [1.29, 1.82) is 0 Å². The Bertz CT molecular complexity index is 1520. The quantitative estimate of drug-likeness (QED) is 0.379. The SMILES string of the molecule is C[C@@H](F)COc1cc2c(-c3ccc(F)c4[nH]ncc34)c(N)c(=O)[nH]c2c2cccnc12. The molecule has 0 aliphatic heterocycles. The second-order valence-corrected chi connectivity index (χ2v) is 7.29.